The van der Waals surface area contributed by atoms with Crippen molar-refractivity contribution < 1.29 is 30.5 Å². The standard InChI is InChI=1S/C12H13F3O4S/c1-8-6-18-7-11(8)9-2-4-10(5-3-9)19-20(16,17)12(13,14)15/h2-5,8,11H,6-7H2,1H3. The van der Waals surface area contributed by atoms with E-state index < -0.39 is 15.6 Å². The minimum Gasteiger partial charge on any atom is -0.381 e. The molecule has 0 N–H and O–H groups in total. The van der Waals surface area contributed by atoms with Crippen LogP contribution in [0.5, 0.6) is 5.75 Å². The molecule has 1 aromatic carbocycles. The Kier molecular flexibility index (Phi) is 3.97. The van der Waals surface area contributed by atoms with E-state index >= 15 is 0 Å². The fourth-order valence-corrected chi connectivity index (χ4v) is 2.49. The van der Waals surface area contributed by atoms with Crippen molar-refractivity contribution in [3.63, 3.8) is 0 Å². The van der Waals surface area contributed by atoms with Gasteiger partial charge in [0, 0.05) is 12.5 Å². The summed E-state index contributed by atoms with van der Waals surface area (Å²) in [5.41, 5.74) is -4.55. The van der Waals surface area contributed by atoms with Gasteiger partial charge in [0.2, 0.25) is 0 Å². The molecule has 112 valence electrons. The molecule has 2 rings (SSSR count). The van der Waals surface area contributed by atoms with Gasteiger partial charge in [-0.05, 0) is 23.6 Å². The number of halogens is 3. The summed E-state index contributed by atoms with van der Waals surface area (Å²) in [6.45, 7) is 3.18. The largest absolute Gasteiger partial charge is 0.534 e. The lowest BCUT2D eigenvalue weighted by Gasteiger charge is -2.14. The van der Waals surface area contributed by atoms with E-state index in [2.05, 4.69) is 4.18 Å². The predicted octanol–water partition coefficient (Wildman–Crippen LogP) is 2.66. The van der Waals surface area contributed by atoms with Gasteiger partial charge in [0.05, 0.1) is 6.61 Å². The van der Waals surface area contributed by atoms with Gasteiger partial charge in [-0.1, -0.05) is 19.1 Å². The highest BCUT2D eigenvalue weighted by atomic mass is 32.2. The van der Waals surface area contributed by atoms with E-state index in [0.29, 0.717) is 19.1 Å². The Morgan fingerprint density at radius 2 is 1.80 bits per heavy atom. The van der Waals surface area contributed by atoms with Crippen molar-refractivity contribution in [2.75, 3.05) is 13.2 Å². The molecule has 0 saturated carbocycles. The number of ether oxygens (including phenoxy) is 1. The smallest absolute Gasteiger partial charge is 0.381 e. The first-order valence-corrected chi connectivity index (χ1v) is 7.30. The average Bonchev–Trinajstić information content (AvgIpc) is 2.74. The number of hydrogen-bond donors (Lipinski definition) is 0. The molecule has 0 aliphatic carbocycles. The van der Waals surface area contributed by atoms with Crippen molar-refractivity contribution >= 4 is 10.1 Å². The minimum atomic E-state index is -5.62. The van der Waals surface area contributed by atoms with Crippen LogP contribution in [0.3, 0.4) is 0 Å². The fourth-order valence-electron chi connectivity index (χ4n) is 2.03. The van der Waals surface area contributed by atoms with Crippen LogP contribution in [-0.4, -0.2) is 27.1 Å². The van der Waals surface area contributed by atoms with Gasteiger partial charge >= 0.3 is 15.6 Å². The molecule has 0 amide bonds. The number of hydrogen-bond acceptors (Lipinski definition) is 4. The maximum absolute atomic E-state index is 12.2. The second kappa shape index (κ2) is 5.25. The van der Waals surface area contributed by atoms with E-state index in [1.54, 1.807) is 12.1 Å². The Balaban J connectivity index is 2.13. The van der Waals surface area contributed by atoms with Crippen molar-refractivity contribution in [3.8, 4) is 5.75 Å². The first-order valence-electron chi connectivity index (χ1n) is 5.89. The van der Waals surface area contributed by atoms with Crippen LogP contribution in [0.1, 0.15) is 18.4 Å². The molecule has 1 heterocycles. The van der Waals surface area contributed by atoms with Gasteiger partial charge in [-0.3, -0.25) is 0 Å². The molecule has 2 unspecified atom stereocenters. The van der Waals surface area contributed by atoms with Crippen LogP contribution >= 0.6 is 0 Å². The molecule has 1 aliphatic rings. The van der Waals surface area contributed by atoms with E-state index in [1.807, 2.05) is 6.92 Å². The number of rotatable bonds is 3. The Morgan fingerprint density at radius 1 is 1.20 bits per heavy atom. The summed E-state index contributed by atoms with van der Waals surface area (Å²) in [7, 11) is -5.62. The molecule has 20 heavy (non-hydrogen) atoms. The lowest BCUT2D eigenvalue weighted by atomic mass is 9.90. The predicted molar refractivity (Wildman–Crippen MR) is 64.8 cm³/mol. The van der Waals surface area contributed by atoms with Crippen LogP contribution in [0.25, 0.3) is 0 Å². The molecular formula is C12H13F3O4S. The van der Waals surface area contributed by atoms with E-state index in [4.69, 9.17) is 4.74 Å². The highest BCUT2D eigenvalue weighted by molar-refractivity contribution is 7.87. The van der Waals surface area contributed by atoms with Crippen molar-refractivity contribution in [1.82, 2.24) is 0 Å². The minimum absolute atomic E-state index is 0.156. The van der Waals surface area contributed by atoms with Crippen molar-refractivity contribution in [2.24, 2.45) is 5.92 Å². The van der Waals surface area contributed by atoms with Gasteiger partial charge in [0.15, 0.2) is 0 Å². The topological polar surface area (TPSA) is 52.6 Å². The van der Waals surface area contributed by atoms with E-state index in [1.165, 1.54) is 12.1 Å². The molecule has 0 bridgehead atoms. The molecule has 0 spiro atoms. The SMILES string of the molecule is CC1COCC1c1ccc(OS(=O)(=O)C(F)(F)F)cc1. The monoisotopic (exact) mass is 310 g/mol. The lowest BCUT2D eigenvalue weighted by molar-refractivity contribution is -0.0500. The molecule has 8 heteroatoms. The molecule has 1 saturated heterocycles. The van der Waals surface area contributed by atoms with Gasteiger partial charge in [0.25, 0.3) is 0 Å². The summed E-state index contributed by atoms with van der Waals surface area (Å²) >= 11 is 0. The lowest BCUT2D eigenvalue weighted by Crippen LogP contribution is -2.28. The van der Waals surface area contributed by atoms with Crippen LogP contribution < -0.4 is 4.18 Å². The van der Waals surface area contributed by atoms with E-state index in [0.717, 1.165) is 5.56 Å². The summed E-state index contributed by atoms with van der Waals surface area (Å²) in [5.74, 6) is 0.0987. The zero-order valence-corrected chi connectivity index (χ0v) is 11.4. The Bertz CT molecular complexity index is 565. The van der Waals surface area contributed by atoms with Crippen molar-refractivity contribution in [2.45, 2.75) is 18.3 Å². The van der Waals surface area contributed by atoms with Crippen molar-refractivity contribution in [1.29, 1.82) is 0 Å². The molecule has 1 aliphatic heterocycles. The summed E-state index contributed by atoms with van der Waals surface area (Å²) in [6, 6.07) is 5.53. The van der Waals surface area contributed by atoms with E-state index in [9.17, 15) is 21.6 Å². The molecule has 1 fully saturated rings. The average molecular weight is 310 g/mol. The Hall–Kier alpha value is -1.28. The molecule has 1 aromatic rings. The summed E-state index contributed by atoms with van der Waals surface area (Å²) in [6.07, 6.45) is 0. The van der Waals surface area contributed by atoms with Crippen molar-refractivity contribution in [3.05, 3.63) is 29.8 Å². The second-order valence-electron chi connectivity index (χ2n) is 4.67. The van der Waals surface area contributed by atoms with Gasteiger partial charge in [-0.2, -0.15) is 21.6 Å². The molecule has 0 aromatic heterocycles. The Morgan fingerprint density at radius 3 is 2.25 bits per heavy atom. The zero-order chi connectivity index (χ0) is 15.0. The van der Waals surface area contributed by atoms with Crippen LogP contribution in [0.4, 0.5) is 13.2 Å². The molecule has 2 atom stereocenters. The summed E-state index contributed by atoms with van der Waals surface area (Å²) in [4.78, 5) is 0. The van der Waals surface area contributed by atoms with E-state index in [-0.39, 0.29) is 11.7 Å². The maximum atomic E-state index is 12.2. The third kappa shape index (κ3) is 3.06. The normalized spacial score (nSPS) is 23.8. The van der Waals surface area contributed by atoms with Gasteiger partial charge in [-0.15, -0.1) is 0 Å². The Labute approximate surface area is 114 Å². The molecule has 4 nitrogen and oxygen atoms in total. The fraction of sp³-hybridized carbons (Fsp3) is 0.500. The highest BCUT2D eigenvalue weighted by Gasteiger charge is 2.48. The third-order valence-electron chi connectivity index (χ3n) is 3.16. The van der Waals surface area contributed by atoms with Crippen LogP contribution in [0, 0.1) is 5.92 Å². The number of benzene rings is 1. The molecule has 0 radical (unpaired) electrons. The van der Waals surface area contributed by atoms with Crippen LogP contribution in [-0.2, 0) is 14.9 Å². The van der Waals surface area contributed by atoms with Gasteiger partial charge in [0.1, 0.15) is 5.75 Å². The maximum Gasteiger partial charge on any atom is 0.534 e. The van der Waals surface area contributed by atoms with Gasteiger partial charge < -0.3 is 8.92 Å². The first kappa shape index (κ1) is 15.1. The second-order valence-corrected chi connectivity index (χ2v) is 6.21. The quantitative estimate of drug-likeness (QED) is 0.636. The zero-order valence-electron chi connectivity index (χ0n) is 10.6. The first-order chi connectivity index (χ1) is 9.21. The molecular weight excluding hydrogens is 297 g/mol. The third-order valence-corrected chi connectivity index (χ3v) is 4.14. The van der Waals surface area contributed by atoms with Crippen LogP contribution in [0.15, 0.2) is 24.3 Å². The summed E-state index contributed by atoms with van der Waals surface area (Å²) < 4.78 is 67.5. The highest BCUT2D eigenvalue weighted by Crippen LogP contribution is 2.32. The van der Waals surface area contributed by atoms with Gasteiger partial charge in [-0.25, -0.2) is 0 Å². The van der Waals surface area contributed by atoms with Crippen LogP contribution in [0.2, 0.25) is 0 Å². The summed E-state index contributed by atoms with van der Waals surface area (Å²) in [5, 5.41) is 0. The number of alkyl halides is 3.